The standard InChI is InChI=1S/C11H17ClN2O4S/c12-7-10(16)8-13-9-1-3-11(4-2-9)19(17,18)14-5-6-15/h1-4,10,13-16H,5-8H2. The van der Waals surface area contributed by atoms with Crippen molar-refractivity contribution in [1.29, 1.82) is 0 Å². The van der Waals surface area contributed by atoms with Crippen molar-refractivity contribution in [3.8, 4) is 0 Å². The van der Waals surface area contributed by atoms with Crippen molar-refractivity contribution in [2.75, 3.05) is 30.9 Å². The maximum absolute atomic E-state index is 11.7. The zero-order valence-electron chi connectivity index (χ0n) is 10.2. The minimum atomic E-state index is -3.58. The molecule has 0 fully saturated rings. The predicted octanol–water partition coefficient (Wildman–Crippen LogP) is -0.0312. The zero-order valence-corrected chi connectivity index (χ0v) is 11.8. The van der Waals surface area contributed by atoms with E-state index in [0.717, 1.165) is 0 Å². The molecule has 0 amide bonds. The Morgan fingerprint density at radius 1 is 1.26 bits per heavy atom. The van der Waals surface area contributed by atoms with Gasteiger partial charge < -0.3 is 15.5 Å². The van der Waals surface area contributed by atoms with E-state index in [-0.39, 0.29) is 23.9 Å². The van der Waals surface area contributed by atoms with E-state index in [1.807, 2.05) is 0 Å². The number of aliphatic hydroxyl groups excluding tert-OH is 2. The van der Waals surface area contributed by atoms with Crippen LogP contribution in [0.3, 0.4) is 0 Å². The monoisotopic (exact) mass is 308 g/mol. The Morgan fingerprint density at radius 2 is 1.89 bits per heavy atom. The molecule has 8 heteroatoms. The van der Waals surface area contributed by atoms with Gasteiger partial charge in [-0.2, -0.15) is 0 Å². The third kappa shape index (κ3) is 5.33. The van der Waals surface area contributed by atoms with E-state index in [1.54, 1.807) is 12.1 Å². The molecule has 1 unspecified atom stereocenters. The third-order valence-corrected chi connectivity index (χ3v) is 4.12. The van der Waals surface area contributed by atoms with Crippen LogP contribution in [0.1, 0.15) is 0 Å². The molecule has 4 N–H and O–H groups in total. The van der Waals surface area contributed by atoms with E-state index in [2.05, 4.69) is 10.0 Å². The van der Waals surface area contributed by atoms with Crippen LogP contribution in [0.2, 0.25) is 0 Å². The minimum Gasteiger partial charge on any atom is -0.395 e. The Morgan fingerprint density at radius 3 is 2.42 bits per heavy atom. The van der Waals surface area contributed by atoms with Gasteiger partial charge >= 0.3 is 0 Å². The molecule has 0 radical (unpaired) electrons. The third-order valence-electron chi connectivity index (χ3n) is 2.29. The van der Waals surface area contributed by atoms with Gasteiger partial charge in [0.1, 0.15) is 0 Å². The highest BCUT2D eigenvalue weighted by molar-refractivity contribution is 7.89. The molecule has 108 valence electrons. The first-order chi connectivity index (χ1) is 8.99. The van der Waals surface area contributed by atoms with E-state index in [1.165, 1.54) is 12.1 Å². The van der Waals surface area contributed by atoms with Crippen molar-refractivity contribution in [2.24, 2.45) is 0 Å². The van der Waals surface area contributed by atoms with Crippen molar-refractivity contribution in [3.63, 3.8) is 0 Å². The molecule has 1 aromatic rings. The summed E-state index contributed by atoms with van der Waals surface area (Å²) in [5.74, 6) is 0.130. The van der Waals surface area contributed by atoms with Crippen molar-refractivity contribution in [3.05, 3.63) is 24.3 Å². The number of alkyl halides is 1. The molecule has 0 spiro atoms. The van der Waals surface area contributed by atoms with E-state index in [9.17, 15) is 13.5 Å². The minimum absolute atomic E-state index is 0.0236. The van der Waals surface area contributed by atoms with Gasteiger partial charge in [-0.05, 0) is 24.3 Å². The highest BCUT2D eigenvalue weighted by atomic mass is 35.5. The van der Waals surface area contributed by atoms with Crippen LogP contribution in [0.5, 0.6) is 0 Å². The van der Waals surface area contributed by atoms with E-state index in [4.69, 9.17) is 16.7 Å². The van der Waals surface area contributed by atoms with Crippen LogP contribution < -0.4 is 10.0 Å². The second kappa shape index (κ2) is 7.66. The van der Waals surface area contributed by atoms with Gasteiger partial charge in [0.25, 0.3) is 0 Å². The van der Waals surface area contributed by atoms with Gasteiger partial charge in [0, 0.05) is 18.8 Å². The second-order valence-electron chi connectivity index (χ2n) is 3.83. The van der Waals surface area contributed by atoms with Gasteiger partial charge in [-0.3, -0.25) is 0 Å². The molecule has 0 saturated carbocycles. The summed E-state index contributed by atoms with van der Waals surface area (Å²) in [5, 5.41) is 20.8. The Labute approximate surface area is 117 Å². The molecular weight excluding hydrogens is 292 g/mol. The lowest BCUT2D eigenvalue weighted by Crippen LogP contribution is -2.26. The predicted molar refractivity (Wildman–Crippen MR) is 73.9 cm³/mol. The lowest BCUT2D eigenvalue weighted by Gasteiger charge is -2.11. The summed E-state index contributed by atoms with van der Waals surface area (Å²) in [5.41, 5.74) is 0.685. The summed E-state index contributed by atoms with van der Waals surface area (Å²) in [6.45, 7) is 0.0117. The number of hydrogen-bond donors (Lipinski definition) is 4. The van der Waals surface area contributed by atoms with E-state index < -0.39 is 16.1 Å². The van der Waals surface area contributed by atoms with Crippen molar-refractivity contribution in [2.45, 2.75) is 11.0 Å². The first kappa shape index (κ1) is 16.2. The van der Waals surface area contributed by atoms with Crippen LogP contribution in [0.4, 0.5) is 5.69 Å². The van der Waals surface area contributed by atoms with E-state index >= 15 is 0 Å². The number of aliphatic hydroxyl groups is 2. The number of nitrogens with one attached hydrogen (secondary N) is 2. The molecule has 0 aliphatic carbocycles. The van der Waals surface area contributed by atoms with Crippen molar-refractivity contribution in [1.82, 2.24) is 4.72 Å². The molecule has 1 atom stereocenters. The Hall–Kier alpha value is -0.860. The van der Waals surface area contributed by atoms with Crippen LogP contribution >= 0.6 is 11.6 Å². The molecule has 19 heavy (non-hydrogen) atoms. The Bertz CT molecular complexity index is 478. The Kier molecular flexibility index (Phi) is 6.53. The fraction of sp³-hybridized carbons (Fsp3) is 0.455. The molecule has 0 heterocycles. The number of rotatable bonds is 8. The van der Waals surface area contributed by atoms with Crippen molar-refractivity contribution >= 4 is 27.3 Å². The van der Waals surface area contributed by atoms with Gasteiger partial charge in [-0.15, -0.1) is 11.6 Å². The molecule has 0 bridgehead atoms. The van der Waals surface area contributed by atoms with Gasteiger partial charge in [-0.25, -0.2) is 13.1 Å². The van der Waals surface area contributed by atoms with Gasteiger partial charge in [-0.1, -0.05) is 0 Å². The van der Waals surface area contributed by atoms with E-state index in [0.29, 0.717) is 12.2 Å². The Balaban J connectivity index is 2.65. The molecule has 1 aromatic carbocycles. The van der Waals surface area contributed by atoms with Gasteiger partial charge in [0.05, 0.1) is 23.5 Å². The van der Waals surface area contributed by atoms with Crippen LogP contribution in [-0.4, -0.2) is 50.3 Å². The lowest BCUT2D eigenvalue weighted by atomic mass is 10.3. The molecule has 0 aliphatic rings. The number of halogens is 1. The molecule has 0 aliphatic heterocycles. The maximum Gasteiger partial charge on any atom is 0.240 e. The molecule has 1 rings (SSSR count). The topological polar surface area (TPSA) is 98.7 Å². The first-order valence-corrected chi connectivity index (χ1v) is 7.70. The van der Waals surface area contributed by atoms with Crippen molar-refractivity contribution < 1.29 is 18.6 Å². The second-order valence-corrected chi connectivity index (χ2v) is 5.91. The SMILES string of the molecule is O=S(=O)(NCCO)c1ccc(NCC(O)CCl)cc1. The fourth-order valence-corrected chi connectivity index (χ4v) is 2.44. The molecular formula is C11H17ClN2O4S. The maximum atomic E-state index is 11.7. The number of anilines is 1. The summed E-state index contributed by atoms with van der Waals surface area (Å²) < 4.78 is 25.7. The lowest BCUT2D eigenvalue weighted by molar-refractivity contribution is 0.211. The largest absolute Gasteiger partial charge is 0.395 e. The smallest absolute Gasteiger partial charge is 0.240 e. The summed E-state index contributed by atoms with van der Waals surface area (Å²) in [4.78, 5) is 0.115. The molecule has 6 nitrogen and oxygen atoms in total. The summed E-state index contributed by atoms with van der Waals surface area (Å²) in [7, 11) is -3.58. The highest BCUT2D eigenvalue weighted by Crippen LogP contribution is 2.13. The quantitative estimate of drug-likeness (QED) is 0.506. The van der Waals surface area contributed by atoms with Crippen LogP contribution in [0.15, 0.2) is 29.2 Å². The number of benzene rings is 1. The van der Waals surface area contributed by atoms with Crippen LogP contribution in [0, 0.1) is 0 Å². The average Bonchev–Trinajstić information content (AvgIpc) is 2.43. The number of sulfonamides is 1. The highest BCUT2D eigenvalue weighted by Gasteiger charge is 2.12. The zero-order chi connectivity index (χ0) is 14.3. The fourth-order valence-electron chi connectivity index (χ4n) is 1.31. The average molecular weight is 309 g/mol. The summed E-state index contributed by atoms with van der Waals surface area (Å²) in [6.07, 6.45) is -0.656. The first-order valence-electron chi connectivity index (χ1n) is 5.68. The van der Waals surface area contributed by atoms with Crippen LogP contribution in [-0.2, 0) is 10.0 Å². The van der Waals surface area contributed by atoms with Gasteiger partial charge in [0.2, 0.25) is 10.0 Å². The normalized spacial score (nSPS) is 13.2. The number of hydrogen-bond acceptors (Lipinski definition) is 5. The summed E-state index contributed by atoms with van der Waals surface area (Å²) in [6, 6.07) is 6.06. The molecule has 0 saturated heterocycles. The molecule has 0 aromatic heterocycles. The van der Waals surface area contributed by atoms with Gasteiger partial charge in [0.15, 0.2) is 0 Å². The van der Waals surface area contributed by atoms with Crippen LogP contribution in [0.25, 0.3) is 0 Å². The summed E-state index contributed by atoms with van der Waals surface area (Å²) >= 11 is 5.45.